The minimum absolute atomic E-state index is 0.156. The average molecular weight is 274 g/mol. The van der Waals surface area contributed by atoms with Crippen LogP contribution < -0.4 is 4.18 Å². The van der Waals surface area contributed by atoms with Gasteiger partial charge in [-0.2, -0.15) is 8.42 Å². The Bertz CT molecular complexity index is 474. The van der Waals surface area contributed by atoms with Gasteiger partial charge in [0.15, 0.2) is 0 Å². The summed E-state index contributed by atoms with van der Waals surface area (Å²) in [5, 5.41) is 0. The molecule has 0 amide bonds. The van der Waals surface area contributed by atoms with E-state index in [4.69, 9.17) is 8.37 Å². The van der Waals surface area contributed by atoms with E-state index in [1.165, 1.54) is 12.1 Å². The van der Waals surface area contributed by atoms with Crippen LogP contribution in [0.25, 0.3) is 0 Å². The lowest BCUT2D eigenvalue weighted by Crippen LogP contribution is -2.32. The predicted molar refractivity (Wildman–Crippen MR) is 64.2 cm³/mol. The molecule has 0 heterocycles. The van der Waals surface area contributed by atoms with Crippen molar-refractivity contribution in [2.24, 2.45) is 0 Å². The van der Waals surface area contributed by atoms with E-state index in [9.17, 15) is 12.8 Å². The molecule has 0 spiro atoms. The first-order chi connectivity index (χ1) is 8.57. The fraction of sp³-hybridized carbons (Fsp3) is 0.500. The molecule has 0 aromatic heterocycles. The first kappa shape index (κ1) is 13.3. The molecule has 0 radical (unpaired) electrons. The third-order valence-electron chi connectivity index (χ3n) is 2.80. The Hall–Kier alpha value is -1.14. The standard InChI is InChI=1S/C12H15FO4S/c13-11-8-4-5-9-12(11)17-18(14,15)16-10-6-2-1-3-7-10/h1-3,6-7,11-12H,4-5,8-9H2. The Morgan fingerprint density at radius 2 is 1.78 bits per heavy atom. The number of hydrogen-bond acceptors (Lipinski definition) is 4. The zero-order valence-electron chi connectivity index (χ0n) is 9.79. The normalized spacial score (nSPS) is 24.7. The Morgan fingerprint density at radius 3 is 2.44 bits per heavy atom. The van der Waals surface area contributed by atoms with Crippen molar-refractivity contribution >= 4 is 10.4 Å². The first-order valence-electron chi connectivity index (χ1n) is 5.89. The van der Waals surface area contributed by atoms with Gasteiger partial charge in [-0.05, 0) is 25.0 Å². The fourth-order valence-corrected chi connectivity index (χ4v) is 2.83. The minimum atomic E-state index is -4.21. The molecule has 1 aromatic carbocycles. The Morgan fingerprint density at radius 1 is 1.11 bits per heavy atom. The Kier molecular flexibility index (Phi) is 4.19. The van der Waals surface area contributed by atoms with E-state index >= 15 is 0 Å². The van der Waals surface area contributed by atoms with E-state index in [0.29, 0.717) is 12.8 Å². The van der Waals surface area contributed by atoms with E-state index in [-0.39, 0.29) is 5.75 Å². The van der Waals surface area contributed by atoms with Gasteiger partial charge in [0.25, 0.3) is 0 Å². The lowest BCUT2D eigenvalue weighted by molar-refractivity contribution is 0.0603. The molecule has 1 fully saturated rings. The molecule has 18 heavy (non-hydrogen) atoms. The molecule has 1 aliphatic carbocycles. The van der Waals surface area contributed by atoms with E-state index in [2.05, 4.69) is 0 Å². The van der Waals surface area contributed by atoms with Crippen LogP contribution in [0.5, 0.6) is 5.75 Å². The maximum absolute atomic E-state index is 13.5. The van der Waals surface area contributed by atoms with Gasteiger partial charge in [0.05, 0.1) is 0 Å². The van der Waals surface area contributed by atoms with Gasteiger partial charge in [0.2, 0.25) is 0 Å². The highest BCUT2D eigenvalue weighted by Gasteiger charge is 2.31. The Labute approximate surface area is 106 Å². The third kappa shape index (κ3) is 3.68. The van der Waals surface area contributed by atoms with Gasteiger partial charge in [-0.1, -0.05) is 31.0 Å². The van der Waals surface area contributed by atoms with Crippen LogP contribution in [0.4, 0.5) is 4.39 Å². The van der Waals surface area contributed by atoms with E-state index in [1.54, 1.807) is 18.2 Å². The lowest BCUT2D eigenvalue weighted by Gasteiger charge is -2.24. The highest BCUT2D eigenvalue weighted by Crippen LogP contribution is 2.26. The molecule has 1 aromatic rings. The molecule has 6 heteroatoms. The van der Waals surface area contributed by atoms with Gasteiger partial charge in [0.1, 0.15) is 18.0 Å². The zero-order chi connectivity index (χ0) is 13.0. The van der Waals surface area contributed by atoms with Crippen molar-refractivity contribution < 1.29 is 21.2 Å². The summed E-state index contributed by atoms with van der Waals surface area (Å²) in [5.74, 6) is 0.156. The number of hydrogen-bond donors (Lipinski definition) is 0. The zero-order valence-corrected chi connectivity index (χ0v) is 10.6. The summed E-state index contributed by atoms with van der Waals surface area (Å²) in [7, 11) is -4.21. The van der Waals surface area contributed by atoms with Crippen LogP contribution in [0.3, 0.4) is 0 Å². The number of para-hydroxylation sites is 1. The molecule has 0 aliphatic heterocycles. The minimum Gasteiger partial charge on any atom is -0.362 e. The molecular formula is C12H15FO4S. The van der Waals surface area contributed by atoms with Crippen molar-refractivity contribution in [3.8, 4) is 5.75 Å². The number of rotatable bonds is 4. The molecule has 1 saturated carbocycles. The summed E-state index contributed by atoms with van der Waals surface area (Å²) < 4.78 is 46.2. The van der Waals surface area contributed by atoms with Crippen LogP contribution in [0, 0.1) is 0 Å². The Balaban J connectivity index is 1.99. The van der Waals surface area contributed by atoms with Crippen LogP contribution in [0.15, 0.2) is 30.3 Å². The quantitative estimate of drug-likeness (QED) is 0.847. The second-order valence-electron chi connectivity index (χ2n) is 4.24. The number of alkyl halides is 1. The molecule has 1 aliphatic rings. The van der Waals surface area contributed by atoms with Crippen LogP contribution in [0.1, 0.15) is 25.7 Å². The molecule has 2 unspecified atom stereocenters. The SMILES string of the molecule is O=S(=O)(Oc1ccccc1)OC1CCCCC1F. The molecule has 0 bridgehead atoms. The molecule has 4 nitrogen and oxygen atoms in total. The van der Waals surface area contributed by atoms with E-state index < -0.39 is 22.7 Å². The molecule has 100 valence electrons. The van der Waals surface area contributed by atoms with Crippen molar-refractivity contribution in [3.05, 3.63) is 30.3 Å². The monoisotopic (exact) mass is 274 g/mol. The van der Waals surface area contributed by atoms with Gasteiger partial charge in [-0.25, -0.2) is 8.57 Å². The van der Waals surface area contributed by atoms with Gasteiger partial charge >= 0.3 is 10.4 Å². The summed E-state index contributed by atoms with van der Waals surface area (Å²) in [6.45, 7) is 0. The molecule has 2 rings (SSSR count). The van der Waals surface area contributed by atoms with Crippen molar-refractivity contribution in [2.45, 2.75) is 38.0 Å². The highest BCUT2D eigenvalue weighted by atomic mass is 32.3. The lowest BCUT2D eigenvalue weighted by atomic mass is 9.96. The van der Waals surface area contributed by atoms with Crippen molar-refractivity contribution in [2.75, 3.05) is 0 Å². The van der Waals surface area contributed by atoms with Gasteiger partial charge in [0, 0.05) is 0 Å². The van der Waals surface area contributed by atoms with Crippen LogP contribution >= 0.6 is 0 Å². The second-order valence-corrected chi connectivity index (χ2v) is 5.42. The van der Waals surface area contributed by atoms with Crippen molar-refractivity contribution in [1.82, 2.24) is 0 Å². The van der Waals surface area contributed by atoms with Crippen molar-refractivity contribution in [3.63, 3.8) is 0 Å². The smallest absolute Gasteiger partial charge is 0.362 e. The van der Waals surface area contributed by atoms with E-state index in [1.807, 2.05) is 0 Å². The molecule has 2 atom stereocenters. The third-order valence-corrected chi connectivity index (χ3v) is 3.68. The van der Waals surface area contributed by atoms with Crippen LogP contribution in [-0.4, -0.2) is 20.7 Å². The topological polar surface area (TPSA) is 52.6 Å². The number of halogens is 1. The molecular weight excluding hydrogens is 259 g/mol. The molecule has 0 saturated heterocycles. The maximum atomic E-state index is 13.5. The van der Waals surface area contributed by atoms with Crippen LogP contribution in [0.2, 0.25) is 0 Å². The average Bonchev–Trinajstić information content (AvgIpc) is 2.32. The van der Waals surface area contributed by atoms with Crippen molar-refractivity contribution in [1.29, 1.82) is 0 Å². The predicted octanol–water partition coefficient (Wildman–Crippen LogP) is 2.61. The maximum Gasteiger partial charge on any atom is 0.449 e. The van der Waals surface area contributed by atoms with Gasteiger partial charge in [-0.15, -0.1) is 0 Å². The largest absolute Gasteiger partial charge is 0.449 e. The summed E-state index contributed by atoms with van der Waals surface area (Å²) in [5.41, 5.74) is 0. The highest BCUT2D eigenvalue weighted by molar-refractivity contribution is 7.82. The molecule has 0 N–H and O–H groups in total. The fourth-order valence-electron chi connectivity index (χ4n) is 1.92. The summed E-state index contributed by atoms with van der Waals surface area (Å²) in [6, 6.07) is 8.01. The second kappa shape index (κ2) is 5.67. The summed E-state index contributed by atoms with van der Waals surface area (Å²) in [6.07, 6.45) is 0.108. The number of benzene rings is 1. The first-order valence-corrected chi connectivity index (χ1v) is 7.22. The van der Waals surface area contributed by atoms with Crippen LogP contribution in [-0.2, 0) is 14.6 Å². The summed E-state index contributed by atoms with van der Waals surface area (Å²) >= 11 is 0. The summed E-state index contributed by atoms with van der Waals surface area (Å²) in [4.78, 5) is 0. The van der Waals surface area contributed by atoms with E-state index in [0.717, 1.165) is 12.8 Å². The van der Waals surface area contributed by atoms with Gasteiger partial charge < -0.3 is 4.18 Å². The van der Waals surface area contributed by atoms with Gasteiger partial charge in [-0.3, -0.25) is 0 Å².